The molecule has 0 radical (unpaired) electrons. The van der Waals surface area contributed by atoms with E-state index >= 15 is 0 Å². The Bertz CT molecular complexity index is 1310. The molecule has 1 fully saturated rings. The van der Waals surface area contributed by atoms with Gasteiger partial charge in [0, 0.05) is 32.2 Å². The van der Waals surface area contributed by atoms with Crippen LogP contribution in [0.3, 0.4) is 0 Å². The number of hydrogen-bond donors (Lipinski definition) is 1. The zero-order chi connectivity index (χ0) is 24.5. The number of carbonyl (C=O) groups excluding carboxylic acids is 1. The van der Waals surface area contributed by atoms with Crippen molar-refractivity contribution in [3.05, 3.63) is 54.1 Å². The third-order valence-corrected chi connectivity index (χ3v) is 5.49. The highest BCUT2D eigenvalue weighted by Crippen LogP contribution is 2.39. The van der Waals surface area contributed by atoms with Crippen molar-refractivity contribution in [2.75, 3.05) is 26.2 Å². The second kappa shape index (κ2) is 9.05. The Morgan fingerprint density at radius 3 is 2.85 bits per heavy atom. The number of carbonyl (C=O) groups is 1. The number of hydrogen-bond acceptors (Lipinski definition) is 6. The molecule has 34 heavy (non-hydrogen) atoms. The van der Waals surface area contributed by atoms with E-state index in [4.69, 9.17) is 4.74 Å². The third-order valence-electron chi connectivity index (χ3n) is 5.49. The van der Waals surface area contributed by atoms with Crippen molar-refractivity contribution >= 4 is 16.9 Å². The van der Waals surface area contributed by atoms with Gasteiger partial charge in [-0.15, -0.1) is 0 Å². The molecule has 0 unspecified atom stereocenters. The Labute approximate surface area is 193 Å². The van der Waals surface area contributed by atoms with Crippen LogP contribution >= 0.6 is 0 Å². The highest BCUT2D eigenvalue weighted by atomic mass is 19.4. The SMILES string of the molecule is C=C1NCCN(CCCOc2ccc(-c3cc4c(ncn4C)c(C#N)n3)cc2C(F)(F)F)C1=O. The Balaban J connectivity index is 1.55. The molecule has 1 N–H and O–H groups in total. The number of nitrogens with one attached hydrogen (secondary N) is 1. The summed E-state index contributed by atoms with van der Waals surface area (Å²) in [6, 6.07) is 7.22. The summed E-state index contributed by atoms with van der Waals surface area (Å²) in [4.78, 5) is 21.9. The number of alkyl halides is 3. The lowest BCUT2D eigenvalue weighted by Gasteiger charge is -2.29. The van der Waals surface area contributed by atoms with Gasteiger partial charge in [0.25, 0.3) is 5.91 Å². The Morgan fingerprint density at radius 2 is 2.12 bits per heavy atom. The number of piperazine rings is 1. The Morgan fingerprint density at radius 1 is 1.32 bits per heavy atom. The molecule has 1 saturated heterocycles. The number of fused-ring (bicyclic) bond motifs is 1. The fourth-order valence-corrected chi connectivity index (χ4v) is 3.75. The van der Waals surface area contributed by atoms with Crippen molar-refractivity contribution in [3.8, 4) is 23.1 Å². The molecule has 1 aromatic carbocycles. The summed E-state index contributed by atoms with van der Waals surface area (Å²) < 4.78 is 48.6. The number of benzene rings is 1. The molecule has 2 aromatic heterocycles. The zero-order valence-corrected chi connectivity index (χ0v) is 18.3. The van der Waals surface area contributed by atoms with Gasteiger partial charge in [0.15, 0.2) is 5.69 Å². The van der Waals surface area contributed by atoms with Crippen LogP contribution in [0.25, 0.3) is 22.3 Å². The predicted octanol–water partition coefficient (Wildman–Crippen LogP) is 3.24. The van der Waals surface area contributed by atoms with E-state index in [9.17, 15) is 23.2 Å². The molecule has 3 heterocycles. The Hall–Kier alpha value is -4.07. The van der Waals surface area contributed by atoms with E-state index in [-0.39, 0.29) is 35.2 Å². The minimum absolute atomic E-state index is 0.00389. The zero-order valence-electron chi connectivity index (χ0n) is 18.3. The molecular formula is C23H21F3N6O2. The lowest BCUT2D eigenvalue weighted by molar-refractivity contribution is -0.138. The lowest BCUT2D eigenvalue weighted by Crippen LogP contribution is -2.46. The maximum Gasteiger partial charge on any atom is 0.419 e. The number of halogens is 3. The van der Waals surface area contributed by atoms with Gasteiger partial charge in [0.2, 0.25) is 0 Å². The van der Waals surface area contributed by atoms with Crippen LogP contribution in [-0.4, -0.2) is 51.6 Å². The summed E-state index contributed by atoms with van der Waals surface area (Å²) in [7, 11) is 1.72. The van der Waals surface area contributed by atoms with E-state index in [0.29, 0.717) is 42.8 Å². The van der Waals surface area contributed by atoms with Crippen LogP contribution in [0.15, 0.2) is 42.9 Å². The van der Waals surface area contributed by atoms with Gasteiger partial charge in [-0.25, -0.2) is 9.97 Å². The van der Waals surface area contributed by atoms with E-state index in [1.165, 1.54) is 18.5 Å². The second-order valence-corrected chi connectivity index (χ2v) is 7.80. The molecule has 176 valence electrons. The van der Waals surface area contributed by atoms with Crippen LogP contribution in [-0.2, 0) is 18.0 Å². The molecular weight excluding hydrogens is 449 g/mol. The smallest absolute Gasteiger partial charge is 0.419 e. The number of nitrogens with zero attached hydrogens (tertiary/aromatic N) is 5. The van der Waals surface area contributed by atoms with Gasteiger partial charge in [0.1, 0.15) is 17.3 Å². The summed E-state index contributed by atoms with van der Waals surface area (Å²) in [6.07, 6.45) is -2.78. The maximum atomic E-state index is 13.8. The average Bonchev–Trinajstić information content (AvgIpc) is 3.19. The number of rotatable bonds is 6. The van der Waals surface area contributed by atoms with Crippen LogP contribution < -0.4 is 10.1 Å². The number of ether oxygens (including phenoxy) is 1. The maximum absolute atomic E-state index is 13.8. The van der Waals surface area contributed by atoms with Gasteiger partial charge < -0.3 is 19.5 Å². The van der Waals surface area contributed by atoms with Gasteiger partial charge in [-0.3, -0.25) is 4.79 Å². The molecule has 0 atom stereocenters. The predicted molar refractivity (Wildman–Crippen MR) is 117 cm³/mol. The van der Waals surface area contributed by atoms with Crippen molar-refractivity contribution in [1.82, 2.24) is 24.8 Å². The van der Waals surface area contributed by atoms with Crippen LogP contribution in [0.5, 0.6) is 5.75 Å². The van der Waals surface area contributed by atoms with E-state index < -0.39 is 11.7 Å². The lowest BCUT2D eigenvalue weighted by atomic mass is 10.1. The fourth-order valence-electron chi connectivity index (χ4n) is 3.75. The number of amides is 1. The topological polar surface area (TPSA) is 96.1 Å². The molecule has 1 amide bonds. The first-order valence-corrected chi connectivity index (χ1v) is 10.5. The highest BCUT2D eigenvalue weighted by molar-refractivity contribution is 5.92. The monoisotopic (exact) mass is 470 g/mol. The first-order chi connectivity index (χ1) is 16.2. The van der Waals surface area contributed by atoms with Gasteiger partial charge in [-0.2, -0.15) is 18.4 Å². The molecule has 11 heteroatoms. The molecule has 1 aliphatic rings. The van der Waals surface area contributed by atoms with Crippen molar-refractivity contribution < 1.29 is 22.7 Å². The number of aryl methyl sites for hydroxylation is 1. The summed E-state index contributed by atoms with van der Waals surface area (Å²) in [5.74, 6) is -0.532. The van der Waals surface area contributed by atoms with Crippen LogP contribution in [0.1, 0.15) is 17.7 Å². The average molecular weight is 470 g/mol. The summed E-state index contributed by atoms with van der Waals surface area (Å²) in [5, 5.41) is 12.3. The van der Waals surface area contributed by atoms with Gasteiger partial charge in [0.05, 0.1) is 35.4 Å². The summed E-state index contributed by atoms with van der Waals surface area (Å²) >= 11 is 0. The first-order valence-electron chi connectivity index (χ1n) is 10.5. The first kappa shape index (κ1) is 23.1. The molecule has 8 nitrogen and oxygen atoms in total. The number of nitriles is 1. The summed E-state index contributed by atoms with van der Waals surface area (Å²) in [6.45, 7) is 5.07. The van der Waals surface area contributed by atoms with E-state index in [1.807, 2.05) is 6.07 Å². The minimum atomic E-state index is -4.66. The molecule has 1 aliphatic heterocycles. The van der Waals surface area contributed by atoms with E-state index in [2.05, 4.69) is 21.9 Å². The Kier molecular flexibility index (Phi) is 6.15. The number of aromatic nitrogens is 3. The molecule has 0 bridgehead atoms. The van der Waals surface area contributed by atoms with Gasteiger partial charge in [-0.1, -0.05) is 6.58 Å². The van der Waals surface area contributed by atoms with Gasteiger partial charge >= 0.3 is 6.18 Å². The largest absolute Gasteiger partial charge is 0.493 e. The molecule has 3 aromatic rings. The second-order valence-electron chi connectivity index (χ2n) is 7.80. The number of pyridine rings is 1. The van der Waals surface area contributed by atoms with E-state index in [0.717, 1.165) is 6.07 Å². The molecule has 4 rings (SSSR count). The van der Waals surface area contributed by atoms with Crippen LogP contribution in [0.4, 0.5) is 13.2 Å². The van der Waals surface area contributed by atoms with Crippen LogP contribution in [0.2, 0.25) is 0 Å². The van der Waals surface area contributed by atoms with Crippen molar-refractivity contribution in [2.24, 2.45) is 7.05 Å². The highest BCUT2D eigenvalue weighted by Gasteiger charge is 2.35. The van der Waals surface area contributed by atoms with Gasteiger partial charge in [-0.05, 0) is 30.7 Å². The van der Waals surface area contributed by atoms with Crippen molar-refractivity contribution in [2.45, 2.75) is 12.6 Å². The third kappa shape index (κ3) is 4.52. The van der Waals surface area contributed by atoms with E-state index in [1.54, 1.807) is 22.6 Å². The molecule has 0 spiro atoms. The number of imidazole rings is 1. The molecule has 0 saturated carbocycles. The van der Waals surface area contributed by atoms with Crippen molar-refractivity contribution in [1.29, 1.82) is 5.26 Å². The minimum Gasteiger partial charge on any atom is -0.493 e. The standard InChI is InChI=1S/C23H21F3N6O2/c1-14-22(33)32(8-6-28-14)7-3-9-34-20-5-4-15(10-16(20)23(24,25)26)17-11-19-21(18(12-27)30-17)29-13-31(19)2/h4-5,10-11,13,28H,1,3,6-9H2,2H3. The normalized spacial score (nSPS) is 14.3. The summed E-state index contributed by atoms with van der Waals surface area (Å²) in [5.41, 5.74) is 0.789. The van der Waals surface area contributed by atoms with Crippen molar-refractivity contribution in [3.63, 3.8) is 0 Å². The van der Waals surface area contributed by atoms with Crippen LogP contribution in [0, 0.1) is 11.3 Å². The fraction of sp³-hybridized carbons (Fsp3) is 0.304. The molecule has 0 aliphatic carbocycles. The quantitative estimate of drug-likeness (QED) is 0.439.